The van der Waals surface area contributed by atoms with Crippen LogP contribution in [-0.2, 0) is 9.53 Å². The number of non-ortho nitro benzene ring substituents is 1. The van der Waals surface area contributed by atoms with Crippen LogP contribution in [-0.4, -0.2) is 25.1 Å². The second-order valence-electron chi connectivity index (χ2n) is 4.74. The lowest BCUT2D eigenvalue weighted by molar-refractivity contribution is -0.384. The molecule has 0 radical (unpaired) electrons. The van der Waals surface area contributed by atoms with Crippen molar-refractivity contribution in [3.63, 3.8) is 0 Å². The normalized spacial score (nSPS) is 10.5. The van der Waals surface area contributed by atoms with Gasteiger partial charge in [0.05, 0.1) is 24.2 Å². The van der Waals surface area contributed by atoms with Gasteiger partial charge in [0, 0.05) is 18.2 Å². The third-order valence-corrected chi connectivity index (χ3v) is 3.44. The molecular formula is C17H14ClNO6. The molecule has 0 heterocycles. The molecule has 0 saturated carbocycles. The molecule has 2 aromatic carbocycles. The summed E-state index contributed by atoms with van der Waals surface area (Å²) in [6.07, 6.45) is 2.85. The first-order valence-corrected chi connectivity index (χ1v) is 7.38. The van der Waals surface area contributed by atoms with Crippen LogP contribution in [0.25, 0.3) is 6.08 Å². The molecule has 0 amide bonds. The second-order valence-corrected chi connectivity index (χ2v) is 5.15. The fourth-order valence-electron chi connectivity index (χ4n) is 1.91. The molecule has 0 N–H and O–H groups in total. The Bertz CT molecular complexity index is 834. The Hall–Kier alpha value is -3.06. The van der Waals surface area contributed by atoms with Gasteiger partial charge in [0.1, 0.15) is 5.75 Å². The van der Waals surface area contributed by atoms with E-state index < -0.39 is 10.9 Å². The zero-order chi connectivity index (χ0) is 18.4. The summed E-state index contributed by atoms with van der Waals surface area (Å²) in [5.41, 5.74) is 0.567. The molecule has 0 spiro atoms. The number of halogens is 1. The Balaban J connectivity index is 2.26. The number of methoxy groups -OCH3 is 2. The van der Waals surface area contributed by atoms with Crippen molar-refractivity contribution >= 4 is 29.3 Å². The van der Waals surface area contributed by atoms with E-state index in [1.165, 1.54) is 38.5 Å². The summed E-state index contributed by atoms with van der Waals surface area (Å²) in [6.45, 7) is 0. The predicted molar refractivity (Wildman–Crippen MR) is 92.2 cm³/mol. The fourth-order valence-corrected chi connectivity index (χ4v) is 2.12. The second kappa shape index (κ2) is 8.16. The van der Waals surface area contributed by atoms with Crippen molar-refractivity contribution in [2.24, 2.45) is 0 Å². The minimum atomic E-state index is -0.543. The Morgan fingerprint density at radius 1 is 1.12 bits per heavy atom. The molecule has 0 atom stereocenters. The van der Waals surface area contributed by atoms with E-state index in [1.807, 2.05) is 0 Å². The van der Waals surface area contributed by atoms with Gasteiger partial charge in [0.2, 0.25) is 0 Å². The van der Waals surface area contributed by atoms with Gasteiger partial charge in [-0.3, -0.25) is 10.1 Å². The van der Waals surface area contributed by atoms with Crippen LogP contribution in [0.15, 0.2) is 42.5 Å². The van der Waals surface area contributed by atoms with E-state index >= 15 is 0 Å². The molecule has 2 aromatic rings. The highest BCUT2D eigenvalue weighted by Gasteiger charge is 2.13. The zero-order valence-electron chi connectivity index (χ0n) is 13.4. The average Bonchev–Trinajstić information content (AvgIpc) is 2.61. The summed E-state index contributed by atoms with van der Waals surface area (Å²) in [6, 6.07) is 8.90. The molecule has 0 saturated heterocycles. The summed E-state index contributed by atoms with van der Waals surface area (Å²) in [7, 11) is 2.76. The lowest BCUT2D eigenvalue weighted by Crippen LogP contribution is -1.94. The van der Waals surface area contributed by atoms with E-state index in [0.717, 1.165) is 0 Å². The van der Waals surface area contributed by atoms with Gasteiger partial charge in [-0.25, -0.2) is 4.79 Å². The van der Waals surface area contributed by atoms with Gasteiger partial charge >= 0.3 is 5.97 Å². The molecule has 2 rings (SSSR count). The molecule has 25 heavy (non-hydrogen) atoms. The number of esters is 1. The summed E-state index contributed by atoms with van der Waals surface area (Å²) < 4.78 is 15.5. The number of benzene rings is 2. The molecule has 0 aliphatic heterocycles. The van der Waals surface area contributed by atoms with Crippen LogP contribution in [0, 0.1) is 10.1 Å². The Morgan fingerprint density at radius 2 is 1.84 bits per heavy atom. The molecule has 0 aliphatic rings. The van der Waals surface area contributed by atoms with E-state index in [0.29, 0.717) is 17.1 Å². The van der Waals surface area contributed by atoms with Crippen LogP contribution in [0.2, 0.25) is 5.02 Å². The van der Waals surface area contributed by atoms with Crippen molar-refractivity contribution in [1.29, 1.82) is 0 Å². The minimum absolute atomic E-state index is 0.103. The van der Waals surface area contributed by atoms with E-state index in [2.05, 4.69) is 4.74 Å². The van der Waals surface area contributed by atoms with E-state index in [1.54, 1.807) is 24.3 Å². The van der Waals surface area contributed by atoms with Crippen LogP contribution in [0.4, 0.5) is 5.69 Å². The maximum Gasteiger partial charge on any atom is 0.330 e. The van der Waals surface area contributed by atoms with E-state index in [-0.39, 0.29) is 16.5 Å². The smallest absolute Gasteiger partial charge is 0.330 e. The molecule has 0 aromatic heterocycles. The highest BCUT2D eigenvalue weighted by atomic mass is 35.5. The van der Waals surface area contributed by atoms with Crippen LogP contribution < -0.4 is 9.47 Å². The molecule has 0 bridgehead atoms. The Kier molecular flexibility index (Phi) is 5.97. The summed E-state index contributed by atoms with van der Waals surface area (Å²) in [5.74, 6) is 0.551. The van der Waals surface area contributed by atoms with Gasteiger partial charge in [-0.05, 0) is 29.8 Å². The molecule has 130 valence electrons. The third-order valence-electron chi connectivity index (χ3n) is 3.15. The number of hydrogen-bond acceptors (Lipinski definition) is 6. The SMILES string of the molecule is COC(=O)/C=C\c1ccc(Oc2ccc([N+](=O)[O-])cc2Cl)c(OC)c1. The summed E-state index contributed by atoms with van der Waals surface area (Å²) >= 11 is 6.02. The van der Waals surface area contributed by atoms with Crippen LogP contribution in [0.3, 0.4) is 0 Å². The van der Waals surface area contributed by atoms with Crippen LogP contribution in [0.1, 0.15) is 5.56 Å². The largest absolute Gasteiger partial charge is 0.493 e. The number of carbonyl (C=O) groups is 1. The number of nitro benzene ring substituents is 1. The number of nitro groups is 1. The monoisotopic (exact) mass is 363 g/mol. The van der Waals surface area contributed by atoms with Gasteiger partial charge in [-0.1, -0.05) is 17.7 Å². The lowest BCUT2D eigenvalue weighted by atomic mass is 10.2. The summed E-state index contributed by atoms with van der Waals surface area (Å²) in [4.78, 5) is 21.3. The fraction of sp³-hybridized carbons (Fsp3) is 0.118. The van der Waals surface area contributed by atoms with Gasteiger partial charge in [-0.2, -0.15) is 0 Å². The van der Waals surface area contributed by atoms with E-state index in [9.17, 15) is 14.9 Å². The number of ether oxygens (including phenoxy) is 3. The number of hydrogen-bond donors (Lipinski definition) is 0. The minimum Gasteiger partial charge on any atom is -0.493 e. The van der Waals surface area contributed by atoms with Crippen molar-refractivity contribution in [3.05, 3.63) is 63.2 Å². The first-order chi connectivity index (χ1) is 11.9. The molecule has 0 unspecified atom stereocenters. The number of rotatable bonds is 6. The lowest BCUT2D eigenvalue weighted by Gasteiger charge is -2.12. The van der Waals surface area contributed by atoms with Crippen molar-refractivity contribution in [3.8, 4) is 17.2 Å². The highest BCUT2D eigenvalue weighted by molar-refractivity contribution is 6.32. The quantitative estimate of drug-likeness (QED) is 0.330. The summed E-state index contributed by atoms with van der Waals surface area (Å²) in [5, 5.41) is 10.8. The van der Waals surface area contributed by atoms with Crippen LogP contribution >= 0.6 is 11.6 Å². The van der Waals surface area contributed by atoms with Gasteiger partial charge in [0.25, 0.3) is 5.69 Å². The zero-order valence-corrected chi connectivity index (χ0v) is 14.1. The molecular weight excluding hydrogens is 350 g/mol. The third kappa shape index (κ3) is 4.71. The first kappa shape index (κ1) is 18.3. The number of carbonyl (C=O) groups excluding carboxylic acids is 1. The van der Waals surface area contributed by atoms with Crippen LogP contribution in [0.5, 0.6) is 17.2 Å². The Morgan fingerprint density at radius 3 is 2.44 bits per heavy atom. The topological polar surface area (TPSA) is 87.9 Å². The van der Waals surface area contributed by atoms with Crippen molar-refractivity contribution in [2.45, 2.75) is 0 Å². The molecule has 7 nitrogen and oxygen atoms in total. The molecule has 0 fully saturated rings. The van der Waals surface area contributed by atoms with Gasteiger partial charge in [-0.15, -0.1) is 0 Å². The maximum atomic E-state index is 11.1. The van der Waals surface area contributed by atoms with Crippen molar-refractivity contribution in [2.75, 3.05) is 14.2 Å². The molecule has 0 aliphatic carbocycles. The van der Waals surface area contributed by atoms with Gasteiger partial charge < -0.3 is 14.2 Å². The average molecular weight is 364 g/mol. The molecule has 8 heteroatoms. The first-order valence-electron chi connectivity index (χ1n) is 7.00. The van der Waals surface area contributed by atoms with Gasteiger partial charge in [0.15, 0.2) is 11.5 Å². The predicted octanol–water partition coefficient (Wildman–Crippen LogP) is 4.24. The standard InChI is InChI=1S/C17H14ClNO6/c1-23-16-9-11(4-8-17(20)24-2)3-6-15(16)25-14-7-5-12(19(21)22)10-13(14)18/h3-10H,1-2H3/b8-4-. The van der Waals surface area contributed by atoms with Crippen molar-refractivity contribution in [1.82, 2.24) is 0 Å². The van der Waals surface area contributed by atoms with Crippen molar-refractivity contribution < 1.29 is 23.9 Å². The van der Waals surface area contributed by atoms with E-state index in [4.69, 9.17) is 21.1 Å². The maximum absolute atomic E-state index is 11.1. The highest BCUT2D eigenvalue weighted by Crippen LogP contribution is 2.37. The Labute approximate surface area is 148 Å². The number of nitrogens with zero attached hydrogens (tertiary/aromatic N) is 1.